The SMILES string of the molecule is O=C(O)C[C@H](NC(=O)c1csc(-c2ccccc2Cl)n1)c1cccc(Cl)c1. The van der Waals surface area contributed by atoms with Gasteiger partial charge in [0.15, 0.2) is 0 Å². The van der Waals surface area contributed by atoms with Crippen molar-refractivity contribution in [3.63, 3.8) is 0 Å². The van der Waals surface area contributed by atoms with Gasteiger partial charge in [0, 0.05) is 16.0 Å². The summed E-state index contributed by atoms with van der Waals surface area (Å²) in [5, 5.41) is 15.1. The smallest absolute Gasteiger partial charge is 0.305 e. The van der Waals surface area contributed by atoms with Crippen LogP contribution in [0.4, 0.5) is 0 Å². The zero-order valence-corrected chi connectivity index (χ0v) is 16.2. The minimum Gasteiger partial charge on any atom is -0.481 e. The first-order valence-corrected chi connectivity index (χ1v) is 9.56. The number of nitrogens with one attached hydrogen (secondary N) is 1. The van der Waals surface area contributed by atoms with Crippen LogP contribution in [0.25, 0.3) is 10.6 Å². The third-order valence-electron chi connectivity index (χ3n) is 3.78. The lowest BCUT2D eigenvalue weighted by atomic mass is 10.0. The number of nitrogens with zero attached hydrogens (tertiary/aromatic N) is 1. The molecule has 1 aromatic heterocycles. The van der Waals surface area contributed by atoms with Gasteiger partial charge in [-0.05, 0) is 23.8 Å². The molecule has 2 N–H and O–H groups in total. The fourth-order valence-corrected chi connectivity index (χ4v) is 3.84. The maximum absolute atomic E-state index is 12.6. The normalized spacial score (nSPS) is 11.8. The molecule has 1 heterocycles. The highest BCUT2D eigenvalue weighted by Crippen LogP contribution is 2.30. The molecule has 3 aromatic rings. The number of thiazole rings is 1. The van der Waals surface area contributed by atoms with Crippen LogP contribution in [-0.4, -0.2) is 22.0 Å². The van der Waals surface area contributed by atoms with Gasteiger partial charge in [0.05, 0.1) is 17.5 Å². The molecule has 0 spiro atoms. The van der Waals surface area contributed by atoms with Gasteiger partial charge < -0.3 is 10.4 Å². The predicted octanol–water partition coefficient (Wildman–Crippen LogP) is 5.06. The standard InChI is InChI=1S/C19H14Cl2N2O3S/c20-12-5-3-4-11(8-12)15(9-17(24)25)22-18(26)16-10-27-19(23-16)13-6-1-2-7-14(13)21/h1-8,10,15H,9H2,(H,22,26)(H,24,25)/t15-/m0/s1. The number of amides is 1. The molecule has 0 saturated heterocycles. The van der Waals surface area contributed by atoms with Crippen LogP contribution in [0.15, 0.2) is 53.9 Å². The molecule has 2 aromatic carbocycles. The van der Waals surface area contributed by atoms with Gasteiger partial charge in [0.1, 0.15) is 10.7 Å². The third kappa shape index (κ3) is 4.86. The molecule has 5 nitrogen and oxygen atoms in total. The molecule has 1 atom stereocenters. The monoisotopic (exact) mass is 420 g/mol. The summed E-state index contributed by atoms with van der Waals surface area (Å²) < 4.78 is 0. The van der Waals surface area contributed by atoms with E-state index in [2.05, 4.69) is 10.3 Å². The molecule has 0 aliphatic rings. The topological polar surface area (TPSA) is 79.3 Å². The van der Waals surface area contributed by atoms with Crippen LogP contribution in [0.2, 0.25) is 10.0 Å². The number of aromatic nitrogens is 1. The first-order chi connectivity index (χ1) is 12.9. The van der Waals surface area contributed by atoms with Gasteiger partial charge in [-0.3, -0.25) is 9.59 Å². The Morgan fingerprint density at radius 1 is 1.15 bits per heavy atom. The average molecular weight is 421 g/mol. The quantitative estimate of drug-likeness (QED) is 0.583. The van der Waals surface area contributed by atoms with Crippen molar-refractivity contribution in [2.45, 2.75) is 12.5 Å². The summed E-state index contributed by atoms with van der Waals surface area (Å²) in [6.45, 7) is 0. The van der Waals surface area contributed by atoms with Crippen LogP contribution < -0.4 is 5.32 Å². The van der Waals surface area contributed by atoms with Gasteiger partial charge in [-0.2, -0.15) is 0 Å². The largest absolute Gasteiger partial charge is 0.481 e. The van der Waals surface area contributed by atoms with Crippen molar-refractivity contribution in [1.82, 2.24) is 10.3 Å². The summed E-state index contributed by atoms with van der Waals surface area (Å²) in [6, 6.07) is 13.2. The fraction of sp³-hybridized carbons (Fsp3) is 0.105. The number of rotatable bonds is 6. The molecule has 0 unspecified atom stereocenters. The van der Waals surface area contributed by atoms with Gasteiger partial charge in [0.25, 0.3) is 5.91 Å². The number of carboxylic acids is 1. The van der Waals surface area contributed by atoms with E-state index in [0.29, 0.717) is 20.6 Å². The minimum atomic E-state index is -1.03. The van der Waals surface area contributed by atoms with E-state index in [1.807, 2.05) is 18.2 Å². The van der Waals surface area contributed by atoms with Crippen LogP contribution in [0.1, 0.15) is 28.5 Å². The number of hydrogen-bond donors (Lipinski definition) is 2. The Balaban J connectivity index is 1.82. The van der Waals surface area contributed by atoms with Crippen molar-refractivity contribution >= 4 is 46.4 Å². The molecular formula is C19H14Cl2N2O3S. The first kappa shape index (κ1) is 19.4. The summed E-state index contributed by atoms with van der Waals surface area (Å²) in [7, 11) is 0. The van der Waals surface area contributed by atoms with Crippen molar-refractivity contribution < 1.29 is 14.7 Å². The molecule has 0 saturated carbocycles. The number of halogens is 2. The number of carbonyl (C=O) groups excluding carboxylic acids is 1. The number of hydrogen-bond acceptors (Lipinski definition) is 4. The molecular weight excluding hydrogens is 407 g/mol. The Morgan fingerprint density at radius 3 is 2.63 bits per heavy atom. The molecule has 0 aliphatic carbocycles. The van der Waals surface area contributed by atoms with E-state index in [-0.39, 0.29) is 12.1 Å². The average Bonchev–Trinajstić information content (AvgIpc) is 3.11. The zero-order valence-electron chi connectivity index (χ0n) is 13.9. The second-order valence-electron chi connectivity index (χ2n) is 5.70. The van der Waals surface area contributed by atoms with Crippen LogP contribution in [0.5, 0.6) is 0 Å². The van der Waals surface area contributed by atoms with Crippen molar-refractivity contribution in [1.29, 1.82) is 0 Å². The number of aliphatic carboxylic acids is 1. The predicted molar refractivity (Wildman–Crippen MR) is 106 cm³/mol. The Morgan fingerprint density at radius 2 is 1.93 bits per heavy atom. The Kier molecular flexibility index (Phi) is 6.11. The van der Waals surface area contributed by atoms with Gasteiger partial charge in [-0.1, -0.05) is 53.5 Å². The summed E-state index contributed by atoms with van der Waals surface area (Å²) in [6.07, 6.45) is -0.270. The maximum atomic E-state index is 12.6. The van der Waals surface area contributed by atoms with E-state index in [1.54, 1.807) is 35.7 Å². The highest BCUT2D eigenvalue weighted by molar-refractivity contribution is 7.13. The molecule has 138 valence electrons. The van der Waals surface area contributed by atoms with Crippen LogP contribution in [0.3, 0.4) is 0 Å². The van der Waals surface area contributed by atoms with Crippen molar-refractivity contribution in [2.24, 2.45) is 0 Å². The fourth-order valence-electron chi connectivity index (χ4n) is 2.52. The van der Waals surface area contributed by atoms with E-state index in [1.165, 1.54) is 11.3 Å². The van der Waals surface area contributed by atoms with Crippen LogP contribution >= 0.6 is 34.5 Å². The van der Waals surface area contributed by atoms with Gasteiger partial charge in [-0.25, -0.2) is 4.98 Å². The molecule has 1 amide bonds. The van der Waals surface area contributed by atoms with Gasteiger partial charge >= 0.3 is 5.97 Å². The third-order valence-corrected chi connectivity index (χ3v) is 5.22. The summed E-state index contributed by atoms with van der Waals surface area (Å²) in [5.74, 6) is -1.49. The molecule has 0 bridgehead atoms. The second-order valence-corrected chi connectivity index (χ2v) is 7.40. The van der Waals surface area contributed by atoms with E-state index in [0.717, 1.165) is 5.56 Å². The number of benzene rings is 2. The first-order valence-electron chi connectivity index (χ1n) is 7.92. The zero-order chi connectivity index (χ0) is 19.4. The molecule has 0 radical (unpaired) electrons. The minimum absolute atomic E-state index is 0.201. The lowest BCUT2D eigenvalue weighted by molar-refractivity contribution is -0.137. The van der Waals surface area contributed by atoms with Crippen molar-refractivity contribution in [2.75, 3.05) is 0 Å². The van der Waals surface area contributed by atoms with E-state index in [9.17, 15) is 9.59 Å². The van der Waals surface area contributed by atoms with Gasteiger partial charge in [0.2, 0.25) is 0 Å². The molecule has 0 fully saturated rings. The summed E-state index contributed by atoms with van der Waals surface area (Å²) >= 11 is 13.4. The molecule has 8 heteroatoms. The van der Waals surface area contributed by atoms with Crippen molar-refractivity contribution in [3.8, 4) is 10.6 Å². The molecule has 3 rings (SSSR count). The van der Waals surface area contributed by atoms with E-state index < -0.39 is 17.9 Å². The Hall–Kier alpha value is -2.41. The molecule has 0 aliphatic heterocycles. The number of carboxylic acid groups (broad SMARTS) is 1. The second kappa shape index (κ2) is 8.52. The van der Waals surface area contributed by atoms with Crippen molar-refractivity contribution in [3.05, 3.63) is 75.2 Å². The highest BCUT2D eigenvalue weighted by Gasteiger charge is 2.21. The van der Waals surface area contributed by atoms with Crippen LogP contribution in [0, 0.1) is 0 Å². The molecule has 27 heavy (non-hydrogen) atoms. The Bertz CT molecular complexity index is 990. The van der Waals surface area contributed by atoms with Crippen LogP contribution in [-0.2, 0) is 4.79 Å². The van der Waals surface area contributed by atoms with E-state index in [4.69, 9.17) is 28.3 Å². The lowest BCUT2D eigenvalue weighted by Crippen LogP contribution is -2.30. The van der Waals surface area contributed by atoms with E-state index >= 15 is 0 Å². The maximum Gasteiger partial charge on any atom is 0.305 e. The summed E-state index contributed by atoms with van der Waals surface area (Å²) in [4.78, 5) is 28.1. The summed E-state index contributed by atoms with van der Waals surface area (Å²) in [5.41, 5.74) is 1.55. The Labute approximate surface area is 169 Å². The number of carbonyl (C=O) groups is 2. The highest BCUT2D eigenvalue weighted by atomic mass is 35.5. The lowest BCUT2D eigenvalue weighted by Gasteiger charge is -2.17. The van der Waals surface area contributed by atoms with Gasteiger partial charge in [-0.15, -0.1) is 11.3 Å².